The number of aromatic nitrogens is 2. The first-order valence-corrected chi connectivity index (χ1v) is 6.15. The lowest BCUT2D eigenvalue weighted by Gasteiger charge is -2.25. The Labute approximate surface area is 104 Å². The van der Waals surface area contributed by atoms with E-state index in [1.54, 1.807) is 0 Å². The highest BCUT2D eigenvalue weighted by Gasteiger charge is 2.21. The van der Waals surface area contributed by atoms with Crippen molar-refractivity contribution < 1.29 is 4.74 Å². The van der Waals surface area contributed by atoms with Crippen LogP contribution in [0.25, 0.3) is 11.0 Å². The van der Waals surface area contributed by atoms with Crippen LogP contribution in [0.1, 0.15) is 18.9 Å². The Balaban J connectivity index is 2.16. The molecule has 1 unspecified atom stereocenters. The summed E-state index contributed by atoms with van der Waals surface area (Å²) < 4.78 is 7.51. The van der Waals surface area contributed by atoms with Gasteiger partial charge in [0.1, 0.15) is 0 Å². The minimum Gasteiger partial charge on any atom is -0.379 e. The third-order valence-electron chi connectivity index (χ3n) is 3.19. The van der Waals surface area contributed by atoms with E-state index in [0.717, 1.165) is 30.5 Å². The molecule has 1 aromatic carbocycles. The molecular formula is C12H14ClN3O. The maximum absolute atomic E-state index is 6.24. The minimum atomic E-state index is 0.244. The first kappa shape index (κ1) is 10.9. The highest BCUT2D eigenvalue weighted by molar-refractivity contribution is 6.35. The number of imidazole rings is 1. The average molecular weight is 252 g/mol. The molecule has 1 aromatic heterocycles. The van der Waals surface area contributed by atoms with Gasteiger partial charge >= 0.3 is 0 Å². The van der Waals surface area contributed by atoms with Crippen LogP contribution >= 0.6 is 11.6 Å². The van der Waals surface area contributed by atoms with Gasteiger partial charge in [-0.3, -0.25) is 0 Å². The van der Waals surface area contributed by atoms with Crippen LogP contribution in [0.5, 0.6) is 0 Å². The van der Waals surface area contributed by atoms with E-state index in [2.05, 4.69) is 4.98 Å². The number of nitrogens with two attached hydrogens (primary N) is 1. The maximum Gasteiger partial charge on any atom is 0.201 e. The zero-order valence-electron chi connectivity index (χ0n) is 9.40. The normalized spacial score (nSPS) is 20.9. The van der Waals surface area contributed by atoms with E-state index < -0.39 is 0 Å². The summed E-state index contributed by atoms with van der Waals surface area (Å²) in [6.07, 6.45) is 2.11. The van der Waals surface area contributed by atoms with Gasteiger partial charge in [0.2, 0.25) is 5.95 Å². The zero-order valence-corrected chi connectivity index (χ0v) is 10.2. The lowest BCUT2D eigenvalue weighted by atomic mass is 10.1. The van der Waals surface area contributed by atoms with Crippen molar-refractivity contribution in [1.29, 1.82) is 0 Å². The molecule has 2 aromatic rings. The molecule has 0 amide bonds. The average Bonchev–Trinajstić information content (AvgIpc) is 2.68. The predicted octanol–water partition coefficient (Wildman–Crippen LogP) is 2.62. The maximum atomic E-state index is 6.24. The number of benzene rings is 1. The van der Waals surface area contributed by atoms with E-state index in [0.29, 0.717) is 17.6 Å². The standard InChI is InChI=1S/C12H14ClN3O/c13-9-4-1-5-10-11(9)16(12(14)15-10)8-3-2-6-17-7-8/h1,4-5,8H,2-3,6-7H2,(H2,14,15). The molecular weight excluding hydrogens is 238 g/mol. The summed E-state index contributed by atoms with van der Waals surface area (Å²) >= 11 is 6.24. The van der Waals surface area contributed by atoms with Crippen molar-refractivity contribution in [3.8, 4) is 0 Å². The van der Waals surface area contributed by atoms with Crippen molar-refractivity contribution in [2.45, 2.75) is 18.9 Å². The third kappa shape index (κ3) is 1.77. The highest BCUT2D eigenvalue weighted by atomic mass is 35.5. The second-order valence-corrected chi connectivity index (χ2v) is 4.73. The fraction of sp³-hybridized carbons (Fsp3) is 0.417. The van der Waals surface area contributed by atoms with Crippen LogP contribution in [0, 0.1) is 0 Å². The topological polar surface area (TPSA) is 53.1 Å². The number of ether oxygens (including phenoxy) is 1. The highest BCUT2D eigenvalue weighted by Crippen LogP contribution is 2.31. The lowest BCUT2D eigenvalue weighted by molar-refractivity contribution is 0.0612. The Kier molecular flexibility index (Phi) is 2.68. The quantitative estimate of drug-likeness (QED) is 0.848. The van der Waals surface area contributed by atoms with E-state index in [1.807, 2.05) is 22.8 Å². The van der Waals surface area contributed by atoms with Crippen LogP contribution < -0.4 is 5.73 Å². The molecule has 17 heavy (non-hydrogen) atoms. The summed E-state index contributed by atoms with van der Waals surface area (Å²) in [7, 11) is 0. The second kappa shape index (κ2) is 4.20. The molecule has 2 heterocycles. The van der Waals surface area contributed by atoms with Crippen LogP contribution in [0.3, 0.4) is 0 Å². The van der Waals surface area contributed by atoms with Gasteiger partial charge in [-0.15, -0.1) is 0 Å². The Bertz CT molecular complexity index is 546. The van der Waals surface area contributed by atoms with Crippen molar-refractivity contribution in [2.75, 3.05) is 18.9 Å². The smallest absolute Gasteiger partial charge is 0.201 e. The predicted molar refractivity (Wildman–Crippen MR) is 68.2 cm³/mol. The number of anilines is 1. The van der Waals surface area contributed by atoms with E-state index in [-0.39, 0.29) is 6.04 Å². The van der Waals surface area contributed by atoms with Crippen LogP contribution in [0.2, 0.25) is 5.02 Å². The first-order valence-electron chi connectivity index (χ1n) is 5.77. The molecule has 2 N–H and O–H groups in total. The van der Waals surface area contributed by atoms with Gasteiger partial charge in [-0.2, -0.15) is 0 Å². The van der Waals surface area contributed by atoms with Crippen molar-refractivity contribution >= 4 is 28.6 Å². The second-order valence-electron chi connectivity index (χ2n) is 4.32. The summed E-state index contributed by atoms with van der Waals surface area (Å²) in [4.78, 5) is 4.35. The molecule has 1 aliphatic rings. The molecule has 1 atom stereocenters. The van der Waals surface area contributed by atoms with Crippen molar-refractivity contribution in [2.24, 2.45) is 0 Å². The SMILES string of the molecule is Nc1nc2cccc(Cl)c2n1C1CCCOC1. The van der Waals surface area contributed by atoms with Gasteiger partial charge in [0.25, 0.3) is 0 Å². The number of rotatable bonds is 1. The molecule has 4 nitrogen and oxygen atoms in total. The third-order valence-corrected chi connectivity index (χ3v) is 3.49. The molecule has 90 valence electrons. The number of nitrogens with zero attached hydrogens (tertiary/aromatic N) is 2. The van der Waals surface area contributed by atoms with Crippen molar-refractivity contribution in [3.63, 3.8) is 0 Å². The summed E-state index contributed by atoms with van der Waals surface area (Å²) in [5.41, 5.74) is 7.76. The Morgan fingerprint density at radius 2 is 2.35 bits per heavy atom. The number of halogens is 1. The minimum absolute atomic E-state index is 0.244. The Morgan fingerprint density at radius 3 is 3.12 bits per heavy atom. The van der Waals surface area contributed by atoms with E-state index in [1.165, 1.54) is 0 Å². The summed E-state index contributed by atoms with van der Waals surface area (Å²) in [6.45, 7) is 1.51. The van der Waals surface area contributed by atoms with Crippen molar-refractivity contribution in [1.82, 2.24) is 9.55 Å². The fourth-order valence-corrected chi connectivity index (χ4v) is 2.68. The number of fused-ring (bicyclic) bond motifs is 1. The molecule has 3 rings (SSSR count). The molecule has 0 saturated carbocycles. The number of para-hydroxylation sites is 1. The monoisotopic (exact) mass is 251 g/mol. The molecule has 0 aliphatic carbocycles. The van der Waals surface area contributed by atoms with Crippen LogP contribution in [0.15, 0.2) is 18.2 Å². The number of hydrogen-bond acceptors (Lipinski definition) is 3. The number of nitrogen functional groups attached to an aromatic ring is 1. The fourth-order valence-electron chi connectivity index (χ4n) is 2.42. The van der Waals surface area contributed by atoms with E-state index in [4.69, 9.17) is 22.1 Å². The zero-order chi connectivity index (χ0) is 11.8. The van der Waals surface area contributed by atoms with Gasteiger partial charge in [0, 0.05) is 6.61 Å². The summed E-state index contributed by atoms with van der Waals surface area (Å²) in [5, 5.41) is 0.692. The van der Waals surface area contributed by atoms with Crippen molar-refractivity contribution in [3.05, 3.63) is 23.2 Å². The van der Waals surface area contributed by atoms with Gasteiger partial charge in [0.05, 0.1) is 28.7 Å². The molecule has 5 heteroatoms. The van der Waals surface area contributed by atoms with E-state index >= 15 is 0 Å². The van der Waals surface area contributed by atoms with Gasteiger partial charge in [-0.1, -0.05) is 17.7 Å². The first-order chi connectivity index (χ1) is 8.27. The largest absolute Gasteiger partial charge is 0.379 e. The molecule has 0 spiro atoms. The van der Waals surface area contributed by atoms with Gasteiger partial charge < -0.3 is 15.0 Å². The molecule has 1 aliphatic heterocycles. The number of hydrogen-bond donors (Lipinski definition) is 1. The summed E-state index contributed by atoms with van der Waals surface area (Å²) in [5.74, 6) is 0.517. The molecule has 1 fully saturated rings. The van der Waals surface area contributed by atoms with Crippen LogP contribution in [-0.2, 0) is 4.74 Å². The van der Waals surface area contributed by atoms with E-state index in [9.17, 15) is 0 Å². The van der Waals surface area contributed by atoms with Gasteiger partial charge in [-0.25, -0.2) is 4.98 Å². The van der Waals surface area contributed by atoms with Gasteiger partial charge in [0.15, 0.2) is 0 Å². The molecule has 1 saturated heterocycles. The Hall–Kier alpha value is -1.26. The molecule has 0 radical (unpaired) electrons. The Morgan fingerprint density at radius 1 is 1.47 bits per heavy atom. The lowest BCUT2D eigenvalue weighted by Crippen LogP contribution is -2.22. The molecule has 0 bridgehead atoms. The van der Waals surface area contributed by atoms with Gasteiger partial charge in [-0.05, 0) is 25.0 Å². The van der Waals surface area contributed by atoms with Crippen LogP contribution in [0.4, 0.5) is 5.95 Å². The summed E-state index contributed by atoms with van der Waals surface area (Å²) in [6, 6.07) is 5.93. The van der Waals surface area contributed by atoms with Crippen LogP contribution in [-0.4, -0.2) is 22.8 Å².